The zero-order chi connectivity index (χ0) is 86.5. The third kappa shape index (κ3) is 92.9. The molecule has 5 atom stereocenters. The average Bonchev–Trinajstić information content (AvgIpc) is 0.902. The number of hydrogen-bond acceptors (Lipinski definition) is 14. The van der Waals surface area contributed by atoms with Gasteiger partial charge in [0.1, 0.15) is 25.4 Å². The van der Waals surface area contributed by atoms with Gasteiger partial charge in [0.2, 0.25) is 0 Å². The predicted octanol–water partition coefficient (Wildman–Crippen LogP) is 29.0. The zero-order valence-electron chi connectivity index (χ0n) is 74.7. The first kappa shape index (κ1) is 113. The second kappa shape index (κ2) is 91.6. The standard InChI is InChI=1S/C101H168O16P2/c1-4-7-10-13-16-19-22-25-28-31-34-37-39-41-43-45-46-47-48-50-52-53-55-58-60-63-66-69-72-75-78-81-84-87-99(104)111-90-96(102)91-113-118(107,108)114-92-97(103)93-115-119(109,110)116-95-98(117-101(106)89-86-83-80-77-74-71-68-65-62-57-36-33-30-27-24-21-18-15-12-9-6-3)94-112-100(105)88-85-82-79-76-73-70-67-64-61-59-56-54-51-49-44-42-40-38-35-32-29-26-23-20-17-14-11-8-5-2/h7-8,10-11,16-21,25-30,34-38,41-44,46-47,51,54,57,65,68,96-98,102-103H,4-6,9,12-15,22-24,31-33,39-40,45,48-50,52-53,55-56,58-64,66-67,69-95H2,1-3H3,(H,107,108)(H,109,110)/b10-7-,11-8-,19-16-,20-17-,21-18-,28-25-,29-26-,30-27-,37-34-,38-35-,43-41-,44-42-,47-46-,54-51-,57-36-,68-65-. The molecular formula is C101H168O16P2. The maximum atomic E-state index is 13.1. The minimum Gasteiger partial charge on any atom is -0.463 e. The summed E-state index contributed by atoms with van der Waals surface area (Å²) >= 11 is 0. The number of hydrogen-bond donors (Lipinski definition) is 4. The molecule has 0 saturated heterocycles. The Kier molecular flexibility index (Phi) is 87.3. The molecule has 0 aliphatic rings. The molecule has 119 heavy (non-hydrogen) atoms. The van der Waals surface area contributed by atoms with Gasteiger partial charge in [-0.25, -0.2) is 9.13 Å². The highest BCUT2D eigenvalue weighted by molar-refractivity contribution is 7.47. The molecule has 0 aromatic carbocycles. The van der Waals surface area contributed by atoms with Crippen molar-refractivity contribution in [2.45, 2.75) is 386 Å². The molecule has 0 amide bonds. The van der Waals surface area contributed by atoms with Crippen LogP contribution in [0.3, 0.4) is 0 Å². The van der Waals surface area contributed by atoms with Crippen molar-refractivity contribution >= 4 is 33.6 Å². The molecule has 0 spiro atoms. The fourth-order valence-electron chi connectivity index (χ4n) is 12.3. The summed E-state index contributed by atoms with van der Waals surface area (Å²) < 4.78 is 61.5. The number of aliphatic hydroxyl groups is 2. The number of ether oxygens (including phenoxy) is 3. The molecule has 0 heterocycles. The van der Waals surface area contributed by atoms with Gasteiger partial charge in [0.05, 0.1) is 26.4 Å². The molecule has 18 heteroatoms. The number of phosphoric ester groups is 2. The Morgan fingerprint density at radius 3 is 0.706 bits per heavy atom. The van der Waals surface area contributed by atoms with Crippen LogP contribution in [0.5, 0.6) is 0 Å². The van der Waals surface area contributed by atoms with Crippen molar-refractivity contribution in [3.63, 3.8) is 0 Å². The number of allylic oxidation sites excluding steroid dienone is 32. The van der Waals surface area contributed by atoms with Gasteiger partial charge in [-0.1, -0.05) is 376 Å². The molecule has 0 bridgehead atoms. The van der Waals surface area contributed by atoms with Gasteiger partial charge in [-0.05, 0) is 167 Å². The van der Waals surface area contributed by atoms with Crippen molar-refractivity contribution in [3.8, 4) is 0 Å². The summed E-state index contributed by atoms with van der Waals surface area (Å²) in [6.45, 7) is 2.43. The van der Waals surface area contributed by atoms with Gasteiger partial charge in [0.25, 0.3) is 0 Å². The molecule has 0 radical (unpaired) electrons. The van der Waals surface area contributed by atoms with Crippen LogP contribution in [0.1, 0.15) is 367 Å². The summed E-state index contributed by atoms with van der Waals surface area (Å²) in [6, 6.07) is 0. The molecule has 0 saturated carbocycles. The SMILES string of the molecule is CC/C=C\C/C=C\C/C=C\C/C=C\C/C=C\C/C=C\CCCCCCCCCCCCCCCCC(=O)OCC(O)COP(=O)(O)OCC(O)COP(=O)(O)OCC(COC(=O)CCCCCCCCCCCC/C=C\C/C=C\C/C=C\C/C=C\C/C=C\C/C=C\CC)OC(=O)CCCCCCC/C=C\C/C=C\C/C=C\C/C=C\CCCCC. The van der Waals surface area contributed by atoms with E-state index in [1.807, 2.05) is 0 Å². The van der Waals surface area contributed by atoms with Crippen LogP contribution in [0.25, 0.3) is 0 Å². The maximum Gasteiger partial charge on any atom is 0.472 e. The molecule has 0 aromatic rings. The van der Waals surface area contributed by atoms with E-state index in [9.17, 15) is 43.5 Å². The summed E-state index contributed by atoms with van der Waals surface area (Å²) in [7, 11) is -9.83. The van der Waals surface area contributed by atoms with Crippen LogP contribution in [0.4, 0.5) is 0 Å². The smallest absolute Gasteiger partial charge is 0.463 e. The van der Waals surface area contributed by atoms with E-state index in [0.717, 1.165) is 193 Å². The molecule has 0 aliphatic heterocycles. The Morgan fingerprint density at radius 1 is 0.244 bits per heavy atom. The summed E-state index contributed by atoms with van der Waals surface area (Å²) in [5.41, 5.74) is 0. The molecule has 5 unspecified atom stereocenters. The van der Waals surface area contributed by atoms with Crippen LogP contribution < -0.4 is 0 Å². The number of esters is 3. The third-order valence-corrected chi connectivity index (χ3v) is 21.2. The minimum absolute atomic E-state index is 0.0770. The Bertz CT molecular complexity index is 2940. The van der Waals surface area contributed by atoms with Crippen LogP contribution in [0.2, 0.25) is 0 Å². The number of phosphoric acid groups is 2. The van der Waals surface area contributed by atoms with E-state index in [2.05, 4.69) is 215 Å². The normalized spacial score (nSPS) is 14.6. The summed E-state index contributed by atoms with van der Waals surface area (Å²) in [5.74, 6) is -1.60. The van der Waals surface area contributed by atoms with Gasteiger partial charge in [0, 0.05) is 19.3 Å². The van der Waals surface area contributed by atoms with E-state index >= 15 is 0 Å². The average molecular weight is 1700 g/mol. The van der Waals surface area contributed by atoms with Gasteiger partial charge < -0.3 is 34.2 Å². The first-order valence-corrected chi connectivity index (χ1v) is 49.7. The van der Waals surface area contributed by atoms with Crippen LogP contribution in [-0.2, 0) is 55.8 Å². The van der Waals surface area contributed by atoms with Crippen molar-refractivity contribution in [2.24, 2.45) is 0 Å². The largest absolute Gasteiger partial charge is 0.472 e. The highest BCUT2D eigenvalue weighted by atomic mass is 31.2. The molecule has 16 nitrogen and oxygen atoms in total. The summed E-state index contributed by atoms with van der Waals surface area (Å²) in [5, 5.41) is 20.7. The Morgan fingerprint density at radius 2 is 0.445 bits per heavy atom. The molecular weight excluding hydrogens is 1530 g/mol. The fraction of sp³-hybridized carbons (Fsp3) is 0.653. The van der Waals surface area contributed by atoms with E-state index in [0.29, 0.717) is 19.3 Å². The molecule has 0 fully saturated rings. The quantitative estimate of drug-likeness (QED) is 0.0146. The predicted molar refractivity (Wildman–Crippen MR) is 500 cm³/mol. The minimum atomic E-state index is -4.95. The lowest BCUT2D eigenvalue weighted by Gasteiger charge is -2.21. The van der Waals surface area contributed by atoms with Gasteiger partial charge in [0.15, 0.2) is 6.10 Å². The topological polar surface area (TPSA) is 231 Å². The Hall–Kier alpha value is -5.61. The van der Waals surface area contributed by atoms with E-state index in [1.54, 1.807) is 0 Å². The lowest BCUT2D eigenvalue weighted by molar-refractivity contribution is -0.161. The van der Waals surface area contributed by atoms with Crippen molar-refractivity contribution < 1.29 is 75.8 Å². The van der Waals surface area contributed by atoms with Crippen LogP contribution in [-0.4, -0.2) is 95.9 Å². The van der Waals surface area contributed by atoms with Gasteiger partial charge >= 0.3 is 33.6 Å². The van der Waals surface area contributed by atoms with Crippen molar-refractivity contribution in [2.75, 3.05) is 39.6 Å². The van der Waals surface area contributed by atoms with E-state index < -0.39 is 91.5 Å². The number of carbonyl (C=O) groups is 3. The number of aliphatic hydroxyl groups excluding tert-OH is 2. The Labute approximate surface area is 725 Å². The van der Waals surface area contributed by atoms with Gasteiger partial charge in [-0.15, -0.1) is 0 Å². The number of carbonyl (C=O) groups excluding carboxylic acids is 3. The molecule has 678 valence electrons. The van der Waals surface area contributed by atoms with Crippen molar-refractivity contribution in [3.05, 3.63) is 194 Å². The molecule has 4 N–H and O–H groups in total. The first-order valence-electron chi connectivity index (χ1n) is 46.7. The zero-order valence-corrected chi connectivity index (χ0v) is 76.5. The molecule has 0 aliphatic carbocycles. The summed E-state index contributed by atoms with van der Waals surface area (Å²) in [6.07, 6.45) is 122. The first-order chi connectivity index (χ1) is 58.2. The van der Waals surface area contributed by atoms with E-state index in [4.69, 9.17) is 32.3 Å². The lowest BCUT2D eigenvalue weighted by Crippen LogP contribution is -2.30. The fourth-order valence-corrected chi connectivity index (χ4v) is 13.9. The number of unbranched alkanes of at least 4 members (excludes halogenated alkanes) is 32. The van der Waals surface area contributed by atoms with Gasteiger partial charge in [-0.3, -0.25) is 32.5 Å². The highest BCUT2D eigenvalue weighted by Gasteiger charge is 2.29. The second-order valence-electron chi connectivity index (χ2n) is 30.7. The van der Waals surface area contributed by atoms with E-state index in [-0.39, 0.29) is 19.3 Å². The van der Waals surface area contributed by atoms with Crippen molar-refractivity contribution in [1.82, 2.24) is 0 Å². The maximum absolute atomic E-state index is 13.1. The third-order valence-electron chi connectivity index (χ3n) is 19.3. The van der Waals surface area contributed by atoms with Crippen molar-refractivity contribution in [1.29, 1.82) is 0 Å². The monoisotopic (exact) mass is 1700 g/mol. The number of rotatable bonds is 87. The summed E-state index contributed by atoms with van der Waals surface area (Å²) in [4.78, 5) is 59.0. The Balaban J connectivity index is 4.61. The highest BCUT2D eigenvalue weighted by Crippen LogP contribution is 2.45. The van der Waals surface area contributed by atoms with Crippen LogP contribution in [0, 0.1) is 0 Å². The lowest BCUT2D eigenvalue weighted by atomic mass is 10.0. The second-order valence-corrected chi connectivity index (χ2v) is 33.6. The van der Waals surface area contributed by atoms with E-state index in [1.165, 1.54) is 116 Å². The van der Waals surface area contributed by atoms with Gasteiger partial charge in [-0.2, -0.15) is 0 Å². The van der Waals surface area contributed by atoms with Crippen LogP contribution >= 0.6 is 15.6 Å². The molecule has 0 rings (SSSR count). The van der Waals surface area contributed by atoms with Crippen LogP contribution in [0.15, 0.2) is 194 Å². The molecule has 0 aromatic heterocycles.